The molecular weight excluding hydrogens is 322 g/mol. The third kappa shape index (κ3) is 3.65. The molecule has 1 aliphatic heterocycles. The highest BCUT2D eigenvalue weighted by Gasteiger charge is 2.32. The van der Waals surface area contributed by atoms with Crippen LogP contribution in [0.25, 0.3) is 0 Å². The Labute approximate surface area is 146 Å². The molecule has 0 unspecified atom stereocenters. The molecule has 0 aromatic carbocycles. The van der Waals surface area contributed by atoms with Crippen LogP contribution in [0.3, 0.4) is 0 Å². The summed E-state index contributed by atoms with van der Waals surface area (Å²) in [6, 6.07) is 0.838. The Balaban J connectivity index is 1.65. The van der Waals surface area contributed by atoms with Crippen LogP contribution in [-0.4, -0.2) is 44.1 Å². The van der Waals surface area contributed by atoms with Crippen LogP contribution in [0, 0.1) is 0 Å². The minimum Gasteiger partial charge on any atom is -0.326 e. The van der Waals surface area contributed by atoms with Gasteiger partial charge in [-0.1, -0.05) is 6.92 Å². The van der Waals surface area contributed by atoms with Crippen molar-refractivity contribution >= 4 is 23.4 Å². The number of hydrogen-bond donors (Lipinski definition) is 2. The van der Waals surface area contributed by atoms with Crippen LogP contribution in [-0.2, 0) is 25.3 Å². The van der Waals surface area contributed by atoms with Gasteiger partial charge in [0.15, 0.2) is 5.82 Å². The Kier molecular flexibility index (Phi) is 4.73. The van der Waals surface area contributed by atoms with Gasteiger partial charge in [-0.05, 0) is 19.3 Å². The average molecular weight is 345 g/mol. The van der Waals surface area contributed by atoms with Gasteiger partial charge in [-0.15, -0.1) is 0 Å². The maximum absolute atomic E-state index is 12.7. The fraction of sp³-hybridized carbons (Fsp3) is 0.500. The Morgan fingerprint density at radius 2 is 2.12 bits per heavy atom. The molecule has 0 spiro atoms. The van der Waals surface area contributed by atoms with Crippen molar-refractivity contribution < 1.29 is 9.59 Å². The molecule has 3 heterocycles. The lowest BCUT2D eigenvalue weighted by Gasteiger charge is -2.31. The van der Waals surface area contributed by atoms with Crippen LogP contribution in [0.2, 0.25) is 0 Å². The summed E-state index contributed by atoms with van der Waals surface area (Å²) in [7, 11) is 3.61. The summed E-state index contributed by atoms with van der Waals surface area (Å²) in [5.74, 6) is 0.474. The predicted octanol–water partition coefficient (Wildman–Crippen LogP) is 1.03. The molecule has 9 nitrogen and oxygen atoms in total. The summed E-state index contributed by atoms with van der Waals surface area (Å²) in [4.78, 5) is 26.6. The summed E-state index contributed by atoms with van der Waals surface area (Å²) in [5.41, 5.74) is 1.47. The normalized spacial score (nSPS) is 17.6. The van der Waals surface area contributed by atoms with Gasteiger partial charge in [0, 0.05) is 39.1 Å². The highest BCUT2D eigenvalue weighted by molar-refractivity contribution is 6.00. The zero-order valence-corrected chi connectivity index (χ0v) is 14.7. The summed E-state index contributed by atoms with van der Waals surface area (Å²) >= 11 is 0. The third-order valence-electron chi connectivity index (χ3n) is 4.21. The van der Waals surface area contributed by atoms with E-state index in [0.717, 1.165) is 12.1 Å². The first-order valence-electron chi connectivity index (χ1n) is 8.39. The van der Waals surface area contributed by atoms with E-state index in [1.54, 1.807) is 46.8 Å². The third-order valence-corrected chi connectivity index (χ3v) is 4.21. The molecule has 0 bridgehead atoms. The zero-order valence-electron chi connectivity index (χ0n) is 14.7. The average Bonchev–Trinajstić information content (AvgIpc) is 3.15. The maximum atomic E-state index is 12.7. The SMILES string of the molecule is CCc1nn(C)cc1NC(=O)N[C@H]1CCCN(c2ccn(C)n2)C1=O. The van der Waals surface area contributed by atoms with Crippen molar-refractivity contribution in [2.45, 2.75) is 32.2 Å². The first-order chi connectivity index (χ1) is 12.0. The van der Waals surface area contributed by atoms with E-state index in [4.69, 9.17) is 0 Å². The number of rotatable bonds is 4. The van der Waals surface area contributed by atoms with Gasteiger partial charge < -0.3 is 10.6 Å². The Hall–Kier alpha value is -2.84. The molecule has 2 N–H and O–H groups in total. The van der Waals surface area contributed by atoms with Gasteiger partial charge in [-0.25, -0.2) is 4.79 Å². The molecule has 1 aliphatic rings. The predicted molar refractivity (Wildman–Crippen MR) is 93.3 cm³/mol. The van der Waals surface area contributed by atoms with Crippen molar-refractivity contribution in [1.82, 2.24) is 24.9 Å². The van der Waals surface area contributed by atoms with E-state index in [0.29, 0.717) is 30.9 Å². The van der Waals surface area contributed by atoms with E-state index >= 15 is 0 Å². The highest BCUT2D eigenvalue weighted by atomic mass is 16.2. The molecule has 0 saturated carbocycles. The number of nitrogens with one attached hydrogen (secondary N) is 2. The number of urea groups is 1. The number of piperidine rings is 1. The van der Waals surface area contributed by atoms with E-state index in [-0.39, 0.29) is 5.91 Å². The van der Waals surface area contributed by atoms with Gasteiger partial charge >= 0.3 is 6.03 Å². The molecule has 0 radical (unpaired) electrons. The van der Waals surface area contributed by atoms with Crippen molar-refractivity contribution in [3.05, 3.63) is 24.2 Å². The summed E-state index contributed by atoms with van der Waals surface area (Å²) in [6.07, 6.45) is 5.68. The van der Waals surface area contributed by atoms with E-state index in [9.17, 15) is 9.59 Å². The monoisotopic (exact) mass is 345 g/mol. The lowest BCUT2D eigenvalue weighted by molar-refractivity contribution is -0.121. The molecule has 3 rings (SSSR count). The molecule has 1 saturated heterocycles. The quantitative estimate of drug-likeness (QED) is 0.865. The number of anilines is 2. The van der Waals surface area contributed by atoms with Gasteiger partial charge in [0.2, 0.25) is 0 Å². The van der Waals surface area contributed by atoms with Crippen molar-refractivity contribution in [3.63, 3.8) is 0 Å². The second kappa shape index (κ2) is 6.96. The molecule has 2 aromatic heterocycles. The number of aromatic nitrogens is 4. The van der Waals surface area contributed by atoms with E-state index in [1.807, 2.05) is 6.92 Å². The lowest BCUT2D eigenvalue weighted by Crippen LogP contribution is -2.53. The minimum atomic E-state index is -0.558. The Morgan fingerprint density at radius 1 is 1.32 bits per heavy atom. The number of nitrogens with zero attached hydrogens (tertiary/aromatic N) is 5. The van der Waals surface area contributed by atoms with Crippen LogP contribution in [0.4, 0.5) is 16.3 Å². The number of carbonyl (C=O) groups excluding carboxylic acids is 2. The Bertz CT molecular complexity index is 779. The van der Waals surface area contributed by atoms with Gasteiger partial charge in [-0.2, -0.15) is 10.2 Å². The summed E-state index contributed by atoms with van der Waals surface area (Å²) in [6.45, 7) is 2.58. The molecular formula is C16H23N7O2. The second-order valence-corrected chi connectivity index (χ2v) is 6.15. The van der Waals surface area contributed by atoms with Gasteiger partial charge in [0.25, 0.3) is 5.91 Å². The first-order valence-corrected chi connectivity index (χ1v) is 8.39. The fourth-order valence-electron chi connectivity index (χ4n) is 3.00. The number of hydrogen-bond acceptors (Lipinski definition) is 4. The van der Waals surface area contributed by atoms with E-state index < -0.39 is 12.1 Å². The van der Waals surface area contributed by atoms with Crippen LogP contribution in [0.5, 0.6) is 0 Å². The van der Waals surface area contributed by atoms with Crippen LogP contribution in [0.1, 0.15) is 25.5 Å². The van der Waals surface area contributed by atoms with E-state index in [2.05, 4.69) is 20.8 Å². The van der Waals surface area contributed by atoms with Crippen molar-refractivity contribution in [2.75, 3.05) is 16.8 Å². The van der Waals surface area contributed by atoms with Gasteiger partial charge in [-0.3, -0.25) is 19.1 Å². The van der Waals surface area contributed by atoms with Gasteiger partial charge in [0.05, 0.1) is 11.4 Å². The molecule has 0 aliphatic carbocycles. The van der Waals surface area contributed by atoms with Gasteiger partial charge in [0.1, 0.15) is 6.04 Å². The molecule has 1 atom stereocenters. The topological polar surface area (TPSA) is 97.1 Å². The Morgan fingerprint density at radius 3 is 2.80 bits per heavy atom. The summed E-state index contributed by atoms with van der Waals surface area (Å²) < 4.78 is 3.31. The smallest absolute Gasteiger partial charge is 0.319 e. The zero-order chi connectivity index (χ0) is 18.0. The fourth-order valence-corrected chi connectivity index (χ4v) is 3.00. The van der Waals surface area contributed by atoms with E-state index in [1.165, 1.54) is 0 Å². The van der Waals surface area contributed by atoms with Crippen molar-refractivity contribution in [1.29, 1.82) is 0 Å². The maximum Gasteiger partial charge on any atom is 0.319 e. The molecule has 9 heteroatoms. The molecule has 3 amide bonds. The second-order valence-electron chi connectivity index (χ2n) is 6.15. The van der Waals surface area contributed by atoms with Crippen molar-refractivity contribution in [2.24, 2.45) is 14.1 Å². The highest BCUT2D eigenvalue weighted by Crippen LogP contribution is 2.19. The summed E-state index contributed by atoms with van der Waals surface area (Å²) in [5, 5.41) is 14.1. The van der Waals surface area contributed by atoms with Crippen molar-refractivity contribution in [3.8, 4) is 0 Å². The number of carbonyl (C=O) groups is 2. The number of amides is 3. The first kappa shape index (κ1) is 17.0. The largest absolute Gasteiger partial charge is 0.326 e. The minimum absolute atomic E-state index is 0.137. The standard InChI is InChI=1S/C16H23N7O2/c1-4-11-13(10-22(3)19-11)18-16(25)17-12-6-5-8-23(15(12)24)14-7-9-21(2)20-14/h7,9-10,12H,4-6,8H2,1-3H3,(H2,17,18,25)/t12-/m0/s1. The number of aryl methyl sites for hydroxylation is 3. The molecule has 1 fully saturated rings. The van der Waals surface area contributed by atoms with Crippen LogP contribution < -0.4 is 15.5 Å². The molecule has 2 aromatic rings. The lowest BCUT2D eigenvalue weighted by atomic mass is 10.1. The molecule has 25 heavy (non-hydrogen) atoms. The van der Waals surface area contributed by atoms with Crippen LogP contribution in [0.15, 0.2) is 18.5 Å². The molecule has 134 valence electrons. The van der Waals surface area contributed by atoms with Crippen LogP contribution >= 0.6 is 0 Å².